The highest BCUT2D eigenvalue weighted by Crippen LogP contribution is 2.23. The average Bonchev–Trinajstić information content (AvgIpc) is 2.64. The van der Waals surface area contributed by atoms with Gasteiger partial charge in [0.2, 0.25) is 0 Å². The molecular weight excluding hydrogens is 190 g/mol. The monoisotopic (exact) mass is 213 g/mol. The summed E-state index contributed by atoms with van der Waals surface area (Å²) in [6.45, 7) is 12.4. The zero-order chi connectivity index (χ0) is 11.0. The molecule has 2 rings (SSSR count). The Kier molecular flexibility index (Phi) is 7.81. The van der Waals surface area contributed by atoms with E-state index in [0.29, 0.717) is 0 Å². The maximum Gasteiger partial charge on any atom is 0.0216 e. The SMILES string of the molecule is CC.CC.Cc1cc2c(s1)CCNC2. The van der Waals surface area contributed by atoms with Crippen LogP contribution in [0.15, 0.2) is 6.07 Å². The molecular formula is C12H23NS. The lowest BCUT2D eigenvalue weighted by Crippen LogP contribution is -2.21. The molecule has 1 N–H and O–H groups in total. The second kappa shape index (κ2) is 8.01. The second-order valence-electron chi connectivity index (χ2n) is 2.73. The number of hydrogen-bond donors (Lipinski definition) is 1. The number of rotatable bonds is 0. The number of fused-ring (bicyclic) bond motifs is 1. The number of nitrogens with one attached hydrogen (secondary N) is 1. The van der Waals surface area contributed by atoms with Gasteiger partial charge in [0.1, 0.15) is 0 Å². The molecule has 0 atom stereocenters. The molecule has 1 aliphatic heterocycles. The summed E-state index contributed by atoms with van der Waals surface area (Å²) >= 11 is 1.95. The lowest BCUT2D eigenvalue weighted by molar-refractivity contribution is 0.653. The largest absolute Gasteiger partial charge is 0.312 e. The van der Waals surface area contributed by atoms with E-state index in [9.17, 15) is 0 Å². The summed E-state index contributed by atoms with van der Waals surface area (Å²) in [6.07, 6.45) is 1.23. The molecule has 0 saturated heterocycles. The van der Waals surface area contributed by atoms with Gasteiger partial charge in [0.25, 0.3) is 0 Å². The summed E-state index contributed by atoms with van der Waals surface area (Å²) in [5, 5.41) is 3.36. The van der Waals surface area contributed by atoms with Gasteiger partial charge in [0.15, 0.2) is 0 Å². The van der Waals surface area contributed by atoms with E-state index in [-0.39, 0.29) is 0 Å². The molecule has 2 heterocycles. The summed E-state index contributed by atoms with van der Waals surface area (Å²) in [5.41, 5.74) is 1.52. The van der Waals surface area contributed by atoms with Crippen LogP contribution in [-0.2, 0) is 13.0 Å². The fourth-order valence-corrected chi connectivity index (χ4v) is 2.46. The van der Waals surface area contributed by atoms with Crippen LogP contribution in [0.5, 0.6) is 0 Å². The van der Waals surface area contributed by atoms with Crippen molar-refractivity contribution in [3.63, 3.8) is 0 Å². The van der Waals surface area contributed by atoms with E-state index in [4.69, 9.17) is 0 Å². The highest BCUT2D eigenvalue weighted by atomic mass is 32.1. The summed E-state index contributed by atoms with van der Waals surface area (Å²) < 4.78 is 0. The lowest BCUT2D eigenvalue weighted by Gasteiger charge is -2.10. The standard InChI is InChI=1S/C8H11NS.2C2H6/c1-6-4-7-5-9-3-2-8(7)10-6;2*1-2/h4,9H,2-3,5H2,1H3;2*1-2H3. The van der Waals surface area contributed by atoms with Crippen molar-refractivity contribution in [2.24, 2.45) is 0 Å². The molecule has 0 radical (unpaired) electrons. The molecule has 0 fully saturated rings. The predicted molar refractivity (Wildman–Crippen MR) is 67.2 cm³/mol. The minimum atomic E-state index is 1.08. The Balaban J connectivity index is 0.000000379. The van der Waals surface area contributed by atoms with Gasteiger partial charge in [-0.25, -0.2) is 0 Å². The third-order valence-electron chi connectivity index (χ3n) is 1.86. The topological polar surface area (TPSA) is 12.0 Å². The van der Waals surface area contributed by atoms with E-state index >= 15 is 0 Å². The van der Waals surface area contributed by atoms with Crippen molar-refractivity contribution in [1.82, 2.24) is 5.32 Å². The lowest BCUT2D eigenvalue weighted by atomic mass is 10.1. The van der Waals surface area contributed by atoms with Gasteiger partial charge in [-0.3, -0.25) is 0 Å². The van der Waals surface area contributed by atoms with Crippen LogP contribution in [0.25, 0.3) is 0 Å². The molecule has 1 aromatic heterocycles. The van der Waals surface area contributed by atoms with Crippen molar-refractivity contribution < 1.29 is 0 Å². The molecule has 0 amide bonds. The molecule has 0 aliphatic carbocycles. The molecule has 0 saturated carbocycles. The van der Waals surface area contributed by atoms with Crippen LogP contribution in [0.4, 0.5) is 0 Å². The summed E-state index contributed by atoms with van der Waals surface area (Å²) in [5.74, 6) is 0. The zero-order valence-electron chi connectivity index (χ0n) is 10.1. The molecule has 0 aromatic carbocycles. The molecule has 2 heteroatoms. The highest BCUT2D eigenvalue weighted by Gasteiger charge is 2.09. The quantitative estimate of drug-likeness (QED) is 0.692. The van der Waals surface area contributed by atoms with Gasteiger partial charge in [-0.1, -0.05) is 27.7 Å². The molecule has 82 valence electrons. The molecule has 1 nitrogen and oxygen atoms in total. The van der Waals surface area contributed by atoms with E-state index in [1.807, 2.05) is 39.0 Å². The third-order valence-corrected chi connectivity index (χ3v) is 3.02. The number of hydrogen-bond acceptors (Lipinski definition) is 2. The van der Waals surface area contributed by atoms with Crippen LogP contribution >= 0.6 is 11.3 Å². The Morgan fingerprint density at radius 2 is 1.86 bits per heavy atom. The van der Waals surface area contributed by atoms with Crippen LogP contribution in [0.2, 0.25) is 0 Å². The molecule has 0 bridgehead atoms. The van der Waals surface area contributed by atoms with E-state index in [1.54, 1.807) is 4.88 Å². The van der Waals surface area contributed by atoms with E-state index in [0.717, 1.165) is 13.1 Å². The highest BCUT2D eigenvalue weighted by molar-refractivity contribution is 7.12. The summed E-state index contributed by atoms with van der Waals surface area (Å²) in [6, 6.07) is 2.30. The first-order valence-corrected chi connectivity index (χ1v) is 6.47. The van der Waals surface area contributed by atoms with Gasteiger partial charge in [-0.05, 0) is 25.0 Å². The van der Waals surface area contributed by atoms with E-state index in [1.165, 1.54) is 16.9 Å². The van der Waals surface area contributed by atoms with Crippen molar-refractivity contribution in [2.75, 3.05) is 6.54 Å². The number of thiophene rings is 1. The minimum Gasteiger partial charge on any atom is -0.312 e. The van der Waals surface area contributed by atoms with E-state index < -0.39 is 0 Å². The Labute approximate surface area is 92.5 Å². The van der Waals surface area contributed by atoms with Crippen molar-refractivity contribution in [3.8, 4) is 0 Å². The van der Waals surface area contributed by atoms with Gasteiger partial charge in [-0.2, -0.15) is 0 Å². The predicted octanol–water partition coefficient (Wildman–Crippen LogP) is 3.75. The molecule has 1 aromatic rings. The number of aryl methyl sites for hydroxylation is 1. The first-order valence-electron chi connectivity index (χ1n) is 5.65. The first kappa shape index (κ1) is 13.7. The average molecular weight is 213 g/mol. The van der Waals surface area contributed by atoms with Crippen LogP contribution in [0.1, 0.15) is 43.0 Å². The summed E-state index contributed by atoms with van der Waals surface area (Å²) in [4.78, 5) is 3.05. The Morgan fingerprint density at radius 3 is 2.43 bits per heavy atom. The second-order valence-corrected chi connectivity index (χ2v) is 4.07. The fraction of sp³-hybridized carbons (Fsp3) is 0.667. The van der Waals surface area contributed by atoms with Gasteiger partial charge in [0.05, 0.1) is 0 Å². The molecule has 1 aliphatic rings. The van der Waals surface area contributed by atoms with Gasteiger partial charge < -0.3 is 5.32 Å². The van der Waals surface area contributed by atoms with E-state index in [2.05, 4.69) is 18.3 Å². The molecule has 0 unspecified atom stereocenters. The Bertz CT molecular complexity index is 217. The zero-order valence-corrected chi connectivity index (χ0v) is 10.9. The van der Waals surface area contributed by atoms with Crippen LogP contribution in [0, 0.1) is 6.92 Å². The minimum absolute atomic E-state index is 1.08. The maximum absolute atomic E-state index is 3.36. The normalized spacial score (nSPS) is 12.9. The third kappa shape index (κ3) is 3.81. The fourth-order valence-electron chi connectivity index (χ4n) is 1.40. The van der Waals surface area contributed by atoms with Crippen LogP contribution < -0.4 is 5.32 Å². The van der Waals surface area contributed by atoms with Crippen molar-refractivity contribution >= 4 is 11.3 Å². The van der Waals surface area contributed by atoms with Gasteiger partial charge >= 0.3 is 0 Å². The summed E-state index contributed by atoms with van der Waals surface area (Å²) in [7, 11) is 0. The molecule has 14 heavy (non-hydrogen) atoms. The van der Waals surface area contributed by atoms with Gasteiger partial charge in [-0.15, -0.1) is 11.3 Å². The Hall–Kier alpha value is -0.340. The van der Waals surface area contributed by atoms with Gasteiger partial charge in [0, 0.05) is 22.8 Å². The smallest absolute Gasteiger partial charge is 0.0216 e. The maximum atomic E-state index is 3.36. The molecule has 0 spiro atoms. The van der Waals surface area contributed by atoms with Crippen molar-refractivity contribution in [3.05, 3.63) is 21.4 Å². The van der Waals surface area contributed by atoms with Crippen molar-refractivity contribution in [2.45, 2.75) is 47.6 Å². The van der Waals surface area contributed by atoms with Crippen LogP contribution in [-0.4, -0.2) is 6.54 Å². The van der Waals surface area contributed by atoms with Crippen LogP contribution in [0.3, 0.4) is 0 Å². The first-order chi connectivity index (χ1) is 6.86. The van der Waals surface area contributed by atoms with Crippen molar-refractivity contribution in [1.29, 1.82) is 0 Å². The Morgan fingerprint density at radius 1 is 1.21 bits per heavy atom.